The van der Waals surface area contributed by atoms with Crippen molar-refractivity contribution in [2.75, 3.05) is 19.0 Å². The highest BCUT2D eigenvalue weighted by Crippen LogP contribution is 2.36. The molecule has 2 aromatic carbocycles. The maximum Gasteiger partial charge on any atom is 0.338 e. The number of nitrogens with zero attached hydrogens (tertiary/aromatic N) is 2. The monoisotopic (exact) mass is 475 g/mol. The maximum atomic E-state index is 13.9. The highest BCUT2D eigenvalue weighted by molar-refractivity contribution is 7.07. The molecule has 0 aliphatic carbocycles. The van der Waals surface area contributed by atoms with Gasteiger partial charge in [-0.3, -0.25) is 14.2 Å². The zero-order valence-corrected chi connectivity index (χ0v) is 19.6. The predicted octanol–water partition coefficient (Wildman–Crippen LogP) is 2.13. The lowest BCUT2D eigenvalue weighted by atomic mass is 9.95. The van der Waals surface area contributed by atoms with Crippen LogP contribution in [-0.4, -0.2) is 30.2 Å². The van der Waals surface area contributed by atoms with Gasteiger partial charge in [0.2, 0.25) is 0 Å². The number of fused-ring (bicyclic) bond motifs is 2. The molecule has 0 spiro atoms. The summed E-state index contributed by atoms with van der Waals surface area (Å²) < 4.78 is 12.6. The second-order valence-corrected chi connectivity index (χ2v) is 8.72. The Balaban J connectivity index is 1.85. The summed E-state index contributed by atoms with van der Waals surface area (Å²) in [4.78, 5) is 44.7. The molecule has 9 heteroatoms. The van der Waals surface area contributed by atoms with Gasteiger partial charge in [0.1, 0.15) is 16.3 Å². The van der Waals surface area contributed by atoms with Crippen LogP contribution in [0.15, 0.2) is 69.6 Å². The highest BCUT2D eigenvalue weighted by atomic mass is 32.1. The molecule has 2 aliphatic heterocycles. The van der Waals surface area contributed by atoms with Crippen molar-refractivity contribution in [3.8, 4) is 5.75 Å². The van der Waals surface area contributed by atoms with E-state index in [1.54, 1.807) is 38.1 Å². The molecular formula is C25H21N3O5S. The molecule has 0 radical (unpaired) electrons. The van der Waals surface area contributed by atoms with Gasteiger partial charge in [-0.25, -0.2) is 9.79 Å². The molecule has 3 aromatic rings. The number of carbonyl (C=O) groups is 2. The number of benzene rings is 2. The van der Waals surface area contributed by atoms with Crippen LogP contribution in [0.4, 0.5) is 5.69 Å². The van der Waals surface area contributed by atoms with Gasteiger partial charge in [-0.15, -0.1) is 0 Å². The van der Waals surface area contributed by atoms with Crippen LogP contribution in [0.1, 0.15) is 31.0 Å². The van der Waals surface area contributed by atoms with E-state index in [0.717, 1.165) is 11.3 Å². The molecule has 2 aliphatic rings. The Morgan fingerprint density at radius 1 is 1.15 bits per heavy atom. The van der Waals surface area contributed by atoms with Gasteiger partial charge in [0.05, 0.1) is 30.6 Å². The third-order valence-corrected chi connectivity index (χ3v) is 6.88. The number of nitrogens with one attached hydrogen (secondary N) is 1. The molecule has 1 atom stereocenters. The fourth-order valence-corrected chi connectivity index (χ4v) is 5.51. The van der Waals surface area contributed by atoms with Crippen molar-refractivity contribution in [2.24, 2.45) is 4.99 Å². The molecule has 34 heavy (non-hydrogen) atoms. The summed E-state index contributed by atoms with van der Waals surface area (Å²) in [6.07, 6.45) is 0. The van der Waals surface area contributed by atoms with Crippen LogP contribution in [0.2, 0.25) is 0 Å². The summed E-state index contributed by atoms with van der Waals surface area (Å²) >= 11 is 1.13. The van der Waals surface area contributed by atoms with Crippen LogP contribution in [0.5, 0.6) is 5.75 Å². The summed E-state index contributed by atoms with van der Waals surface area (Å²) in [5.41, 5.74) is 2.53. The molecule has 0 bridgehead atoms. The van der Waals surface area contributed by atoms with E-state index in [9.17, 15) is 14.4 Å². The summed E-state index contributed by atoms with van der Waals surface area (Å²) in [5.74, 6) is -0.380. The molecule has 3 heterocycles. The first-order chi connectivity index (χ1) is 16.5. The second-order valence-electron chi connectivity index (χ2n) is 7.74. The molecule has 0 saturated carbocycles. The minimum atomic E-state index is -0.819. The lowest BCUT2D eigenvalue weighted by molar-refractivity contribution is -0.139. The molecule has 1 amide bonds. The molecule has 5 rings (SSSR count). The van der Waals surface area contributed by atoms with Crippen molar-refractivity contribution < 1.29 is 19.1 Å². The van der Waals surface area contributed by atoms with E-state index in [-0.39, 0.29) is 22.6 Å². The number of carbonyl (C=O) groups excluding carboxylic acids is 2. The van der Waals surface area contributed by atoms with Crippen molar-refractivity contribution in [1.29, 1.82) is 0 Å². The first-order valence-corrected chi connectivity index (χ1v) is 11.5. The summed E-state index contributed by atoms with van der Waals surface area (Å²) in [5, 5.41) is 2.81. The largest absolute Gasteiger partial charge is 0.496 e. The number of amides is 1. The Labute approximate surface area is 198 Å². The minimum Gasteiger partial charge on any atom is -0.496 e. The van der Waals surface area contributed by atoms with Gasteiger partial charge in [-0.2, -0.15) is 0 Å². The average Bonchev–Trinajstić information content (AvgIpc) is 3.33. The predicted molar refractivity (Wildman–Crippen MR) is 127 cm³/mol. The fourth-order valence-electron chi connectivity index (χ4n) is 4.37. The zero-order valence-electron chi connectivity index (χ0n) is 18.7. The van der Waals surface area contributed by atoms with E-state index >= 15 is 0 Å². The Morgan fingerprint density at radius 2 is 1.88 bits per heavy atom. The number of anilines is 1. The van der Waals surface area contributed by atoms with E-state index in [4.69, 9.17) is 9.47 Å². The van der Waals surface area contributed by atoms with E-state index < -0.39 is 17.6 Å². The summed E-state index contributed by atoms with van der Waals surface area (Å²) in [7, 11) is 1.53. The molecule has 0 saturated heterocycles. The third kappa shape index (κ3) is 3.28. The van der Waals surface area contributed by atoms with Gasteiger partial charge in [0.15, 0.2) is 4.80 Å². The van der Waals surface area contributed by atoms with Crippen LogP contribution in [-0.2, 0) is 14.3 Å². The Morgan fingerprint density at radius 3 is 2.65 bits per heavy atom. The molecule has 1 unspecified atom stereocenters. The topological polar surface area (TPSA) is 99.0 Å². The number of allylic oxidation sites excluding steroid dienone is 1. The number of methoxy groups -OCH3 is 1. The van der Waals surface area contributed by atoms with Gasteiger partial charge in [-0.05, 0) is 26.0 Å². The quantitative estimate of drug-likeness (QED) is 0.583. The third-order valence-electron chi connectivity index (χ3n) is 5.82. The number of esters is 1. The van der Waals surface area contributed by atoms with E-state index in [2.05, 4.69) is 10.3 Å². The Bertz CT molecular complexity index is 1560. The van der Waals surface area contributed by atoms with E-state index in [1.807, 2.05) is 24.3 Å². The molecular weight excluding hydrogens is 454 g/mol. The highest BCUT2D eigenvalue weighted by Gasteiger charge is 2.36. The van der Waals surface area contributed by atoms with Crippen LogP contribution in [0, 0.1) is 0 Å². The van der Waals surface area contributed by atoms with Crippen LogP contribution >= 0.6 is 11.3 Å². The normalized spacial score (nSPS) is 18.1. The second kappa shape index (κ2) is 8.42. The number of rotatable bonds is 4. The standard InChI is InChI=1S/C25H21N3O5S/c1-4-33-24(31)18-13(2)26-25-28(20(18)15-10-6-8-12-17(15)32-3)23(30)21(34-25)19-14-9-5-7-11-16(14)27-22(19)29/h5-12,20H,4H2,1-3H3,(H,27,29)/b21-19+. The first-order valence-electron chi connectivity index (χ1n) is 10.7. The van der Waals surface area contributed by atoms with Crippen LogP contribution < -0.4 is 24.9 Å². The minimum absolute atomic E-state index is 0.180. The number of hydrogen-bond acceptors (Lipinski definition) is 7. The van der Waals surface area contributed by atoms with Gasteiger partial charge < -0.3 is 14.8 Å². The molecule has 1 aromatic heterocycles. The van der Waals surface area contributed by atoms with Gasteiger partial charge in [-0.1, -0.05) is 47.7 Å². The number of para-hydroxylation sites is 2. The van der Waals surface area contributed by atoms with Crippen LogP contribution in [0.3, 0.4) is 0 Å². The first kappa shape index (κ1) is 21.8. The maximum absolute atomic E-state index is 13.9. The SMILES string of the molecule is CCOC(=O)C1=C(C)N=c2s/c(=C3/C(=O)Nc4ccccc43)c(=O)n2C1c1ccccc1OC. The summed E-state index contributed by atoms with van der Waals surface area (Å²) in [6, 6.07) is 13.6. The zero-order chi connectivity index (χ0) is 24.0. The van der Waals surface area contributed by atoms with Crippen molar-refractivity contribution in [1.82, 2.24) is 4.57 Å². The Kier molecular flexibility index (Phi) is 5.41. The fraction of sp³-hybridized carbons (Fsp3) is 0.200. The molecule has 1 N–H and O–H groups in total. The number of hydrogen-bond donors (Lipinski definition) is 1. The molecule has 0 fully saturated rings. The van der Waals surface area contributed by atoms with E-state index in [1.165, 1.54) is 11.7 Å². The number of ether oxygens (including phenoxy) is 2. The lowest BCUT2D eigenvalue weighted by Crippen LogP contribution is -2.40. The van der Waals surface area contributed by atoms with Crippen molar-refractivity contribution in [2.45, 2.75) is 19.9 Å². The van der Waals surface area contributed by atoms with Gasteiger partial charge in [0, 0.05) is 16.8 Å². The number of aromatic nitrogens is 1. The van der Waals surface area contributed by atoms with Crippen molar-refractivity contribution in [3.63, 3.8) is 0 Å². The molecule has 8 nitrogen and oxygen atoms in total. The van der Waals surface area contributed by atoms with Gasteiger partial charge in [0.25, 0.3) is 11.5 Å². The van der Waals surface area contributed by atoms with Gasteiger partial charge >= 0.3 is 5.97 Å². The van der Waals surface area contributed by atoms with E-state index in [0.29, 0.717) is 38.6 Å². The van der Waals surface area contributed by atoms with Crippen molar-refractivity contribution in [3.05, 3.63) is 90.6 Å². The van der Waals surface area contributed by atoms with Crippen molar-refractivity contribution >= 4 is 34.5 Å². The summed E-state index contributed by atoms with van der Waals surface area (Å²) in [6.45, 7) is 3.62. The lowest BCUT2D eigenvalue weighted by Gasteiger charge is -2.25. The average molecular weight is 476 g/mol. The number of thiazole rings is 1. The van der Waals surface area contributed by atoms with Crippen LogP contribution in [0.25, 0.3) is 5.57 Å². The Hall–Kier alpha value is -3.98. The molecule has 172 valence electrons. The smallest absolute Gasteiger partial charge is 0.338 e.